The number of aryl methyl sites for hydroxylation is 2. The van der Waals surface area contributed by atoms with Gasteiger partial charge >= 0.3 is 0 Å². The van der Waals surface area contributed by atoms with Gasteiger partial charge in [0.1, 0.15) is 0 Å². The van der Waals surface area contributed by atoms with Gasteiger partial charge in [0.05, 0.1) is 21.3 Å². The lowest BCUT2D eigenvalue weighted by molar-refractivity contribution is 0.0950. The second-order valence-electron chi connectivity index (χ2n) is 6.05. The van der Waals surface area contributed by atoms with Crippen LogP contribution in [0, 0.1) is 0 Å². The summed E-state index contributed by atoms with van der Waals surface area (Å²) in [6, 6.07) is 9.75. The fourth-order valence-electron chi connectivity index (χ4n) is 3.23. The lowest BCUT2D eigenvalue weighted by atomic mass is 10.1. The summed E-state index contributed by atoms with van der Waals surface area (Å²) in [5.41, 5.74) is 4.41. The number of carbonyl (C=O) groups excluding carboxylic acids is 1. The van der Waals surface area contributed by atoms with Gasteiger partial charge in [0.25, 0.3) is 5.91 Å². The molecule has 3 rings (SSSR count). The van der Waals surface area contributed by atoms with Crippen LogP contribution in [-0.4, -0.2) is 27.2 Å². The molecular formula is C20H23NO4. The zero-order chi connectivity index (χ0) is 17.8. The molecular weight excluding hydrogens is 318 g/mol. The Morgan fingerprint density at radius 1 is 0.960 bits per heavy atom. The summed E-state index contributed by atoms with van der Waals surface area (Å²) in [7, 11) is 4.60. The Kier molecular flexibility index (Phi) is 5.12. The molecule has 0 bridgehead atoms. The van der Waals surface area contributed by atoms with Crippen LogP contribution >= 0.6 is 0 Å². The van der Waals surface area contributed by atoms with Crippen molar-refractivity contribution in [2.75, 3.05) is 21.3 Å². The van der Waals surface area contributed by atoms with Gasteiger partial charge in [-0.2, -0.15) is 0 Å². The number of nitrogens with one attached hydrogen (secondary N) is 1. The number of rotatable bonds is 6. The SMILES string of the molecule is COc1cc(C(=O)NCc2ccc3c(c2)CCC3)cc(OC)c1OC. The molecule has 132 valence electrons. The van der Waals surface area contributed by atoms with E-state index in [2.05, 4.69) is 23.5 Å². The smallest absolute Gasteiger partial charge is 0.251 e. The van der Waals surface area contributed by atoms with Gasteiger partial charge in [-0.05, 0) is 48.1 Å². The number of hydrogen-bond donors (Lipinski definition) is 1. The first kappa shape index (κ1) is 17.1. The molecule has 2 aromatic carbocycles. The molecule has 0 atom stereocenters. The summed E-state index contributed by atoms with van der Waals surface area (Å²) >= 11 is 0. The van der Waals surface area contributed by atoms with E-state index in [9.17, 15) is 4.79 Å². The molecule has 0 aromatic heterocycles. The van der Waals surface area contributed by atoms with Crippen LogP contribution in [0.15, 0.2) is 30.3 Å². The lowest BCUT2D eigenvalue weighted by Crippen LogP contribution is -2.23. The molecule has 0 fully saturated rings. The largest absolute Gasteiger partial charge is 0.493 e. The van der Waals surface area contributed by atoms with E-state index >= 15 is 0 Å². The standard InChI is InChI=1S/C20H23NO4/c1-23-17-10-16(11-18(24-2)19(17)25-3)20(22)21-12-13-7-8-14-5-4-6-15(14)9-13/h7-11H,4-6,12H2,1-3H3,(H,21,22). The van der Waals surface area contributed by atoms with E-state index in [-0.39, 0.29) is 5.91 Å². The molecule has 25 heavy (non-hydrogen) atoms. The van der Waals surface area contributed by atoms with Gasteiger partial charge in [-0.25, -0.2) is 0 Å². The molecule has 1 aliphatic rings. The van der Waals surface area contributed by atoms with Gasteiger partial charge in [0.15, 0.2) is 11.5 Å². The summed E-state index contributed by atoms with van der Waals surface area (Å²) in [5.74, 6) is 1.22. The molecule has 0 heterocycles. The summed E-state index contributed by atoms with van der Waals surface area (Å²) in [6.07, 6.45) is 3.51. The highest BCUT2D eigenvalue weighted by molar-refractivity contribution is 5.95. The molecule has 1 N–H and O–H groups in total. The van der Waals surface area contributed by atoms with Crippen LogP contribution in [0.4, 0.5) is 0 Å². The van der Waals surface area contributed by atoms with E-state index in [0.717, 1.165) is 18.4 Å². The minimum Gasteiger partial charge on any atom is -0.493 e. The van der Waals surface area contributed by atoms with Gasteiger partial charge in [-0.3, -0.25) is 4.79 Å². The van der Waals surface area contributed by atoms with Crippen molar-refractivity contribution < 1.29 is 19.0 Å². The Labute approximate surface area is 147 Å². The zero-order valence-corrected chi connectivity index (χ0v) is 14.8. The predicted octanol–water partition coefficient (Wildman–Crippen LogP) is 3.13. The highest BCUT2D eigenvalue weighted by Gasteiger charge is 2.17. The molecule has 1 amide bonds. The summed E-state index contributed by atoms with van der Waals surface area (Å²) in [5, 5.41) is 2.96. The molecule has 5 heteroatoms. The average Bonchev–Trinajstić information content (AvgIpc) is 3.12. The molecule has 0 aliphatic heterocycles. The van der Waals surface area contributed by atoms with Crippen molar-refractivity contribution in [2.24, 2.45) is 0 Å². The van der Waals surface area contributed by atoms with Gasteiger partial charge in [-0.15, -0.1) is 0 Å². The van der Waals surface area contributed by atoms with Crippen LogP contribution in [0.3, 0.4) is 0 Å². The number of methoxy groups -OCH3 is 3. The van der Waals surface area contributed by atoms with Gasteiger partial charge in [0.2, 0.25) is 5.75 Å². The molecule has 2 aromatic rings. The predicted molar refractivity (Wildman–Crippen MR) is 95.7 cm³/mol. The summed E-state index contributed by atoms with van der Waals surface area (Å²) in [6.45, 7) is 0.489. The van der Waals surface area contributed by atoms with Crippen LogP contribution in [-0.2, 0) is 19.4 Å². The third-order valence-electron chi connectivity index (χ3n) is 4.54. The number of amides is 1. The fraction of sp³-hybridized carbons (Fsp3) is 0.350. The minimum atomic E-state index is -0.181. The quantitative estimate of drug-likeness (QED) is 0.877. The first-order valence-corrected chi connectivity index (χ1v) is 8.35. The lowest BCUT2D eigenvalue weighted by Gasteiger charge is -2.14. The Hall–Kier alpha value is -2.69. The van der Waals surface area contributed by atoms with Crippen molar-refractivity contribution >= 4 is 5.91 Å². The Morgan fingerprint density at radius 3 is 2.28 bits per heavy atom. The highest BCUT2D eigenvalue weighted by Crippen LogP contribution is 2.38. The number of ether oxygens (including phenoxy) is 3. The third-order valence-corrected chi connectivity index (χ3v) is 4.54. The maximum absolute atomic E-state index is 12.5. The fourth-order valence-corrected chi connectivity index (χ4v) is 3.23. The first-order chi connectivity index (χ1) is 12.2. The molecule has 0 saturated carbocycles. The maximum Gasteiger partial charge on any atom is 0.251 e. The van der Waals surface area contributed by atoms with E-state index in [1.807, 2.05) is 0 Å². The number of carbonyl (C=O) groups is 1. The van der Waals surface area contributed by atoms with Gasteiger partial charge < -0.3 is 19.5 Å². The number of fused-ring (bicyclic) bond motifs is 1. The van der Waals surface area contributed by atoms with Crippen molar-refractivity contribution in [3.05, 3.63) is 52.6 Å². The zero-order valence-electron chi connectivity index (χ0n) is 14.8. The van der Waals surface area contributed by atoms with Crippen LogP contribution in [0.25, 0.3) is 0 Å². The molecule has 0 unspecified atom stereocenters. The van der Waals surface area contributed by atoms with Crippen LogP contribution in [0.1, 0.15) is 33.5 Å². The Balaban J connectivity index is 1.74. The van der Waals surface area contributed by atoms with Crippen molar-refractivity contribution in [1.29, 1.82) is 0 Å². The Bertz CT molecular complexity index is 760. The van der Waals surface area contributed by atoms with Gasteiger partial charge in [-0.1, -0.05) is 18.2 Å². The van der Waals surface area contributed by atoms with E-state index in [4.69, 9.17) is 14.2 Å². The second-order valence-corrected chi connectivity index (χ2v) is 6.05. The van der Waals surface area contributed by atoms with Gasteiger partial charge in [0, 0.05) is 12.1 Å². The van der Waals surface area contributed by atoms with Crippen LogP contribution in [0.2, 0.25) is 0 Å². The molecule has 0 spiro atoms. The molecule has 1 aliphatic carbocycles. The molecule has 0 saturated heterocycles. The van der Waals surface area contributed by atoms with Crippen molar-refractivity contribution in [3.8, 4) is 17.2 Å². The van der Waals surface area contributed by atoms with Crippen molar-refractivity contribution in [3.63, 3.8) is 0 Å². The topological polar surface area (TPSA) is 56.8 Å². The van der Waals surface area contributed by atoms with Crippen molar-refractivity contribution in [1.82, 2.24) is 5.32 Å². The summed E-state index contributed by atoms with van der Waals surface area (Å²) in [4.78, 5) is 12.5. The second kappa shape index (κ2) is 7.47. The van der Waals surface area contributed by atoms with E-state index in [0.29, 0.717) is 29.4 Å². The average molecular weight is 341 g/mol. The molecule has 0 radical (unpaired) electrons. The number of benzene rings is 2. The maximum atomic E-state index is 12.5. The number of hydrogen-bond acceptors (Lipinski definition) is 4. The van der Waals surface area contributed by atoms with Crippen LogP contribution in [0.5, 0.6) is 17.2 Å². The normalized spacial score (nSPS) is 12.4. The highest BCUT2D eigenvalue weighted by atomic mass is 16.5. The summed E-state index contributed by atoms with van der Waals surface area (Å²) < 4.78 is 15.9. The first-order valence-electron chi connectivity index (χ1n) is 8.35. The van der Waals surface area contributed by atoms with E-state index in [1.165, 1.54) is 38.9 Å². The monoisotopic (exact) mass is 341 g/mol. The van der Waals surface area contributed by atoms with E-state index in [1.54, 1.807) is 12.1 Å². The van der Waals surface area contributed by atoms with E-state index < -0.39 is 0 Å². The minimum absolute atomic E-state index is 0.181. The third kappa shape index (κ3) is 3.55. The van der Waals surface area contributed by atoms with Crippen LogP contribution < -0.4 is 19.5 Å². The molecule has 5 nitrogen and oxygen atoms in total. The van der Waals surface area contributed by atoms with Crippen molar-refractivity contribution in [2.45, 2.75) is 25.8 Å². The Morgan fingerprint density at radius 2 is 1.64 bits per heavy atom.